The first-order valence-electron chi connectivity index (χ1n) is 8.21. The van der Waals surface area contributed by atoms with E-state index >= 15 is 0 Å². The number of hydrogen-bond donors (Lipinski definition) is 2. The average Bonchev–Trinajstić information content (AvgIpc) is 3.30. The van der Waals surface area contributed by atoms with E-state index in [1.54, 1.807) is 7.11 Å². The number of carbonyl (C=O) groups excluding carboxylic acids is 1. The summed E-state index contributed by atoms with van der Waals surface area (Å²) in [4.78, 5) is 14.1. The Labute approximate surface area is 128 Å². The van der Waals surface area contributed by atoms with Crippen molar-refractivity contribution >= 4 is 6.03 Å². The van der Waals surface area contributed by atoms with Gasteiger partial charge in [-0.05, 0) is 56.3 Å². The van der Waals surface area contributed by atoms with Crippen LogP contribution in [0.5, 0.6) is 0 Å². The third kappa shape index (κ3) is 4.58. The molecule has 2 fully saturated rings. The Morgan fingerprint density at radius 1 is 1.33 bits per heavy atom. The number of aliphatic hydroxyl groups excluding tert-OH is 1. The van der Waals surface area contributed by atoms with E-state index in [4.69, 9.17) is 4.74 Å². The van der Waals surface area contributed by atoms with E-state index in [9.17, 15) is 9.90 Å². The van der Waals surface area contributed by atoms with Gasteiger partial charge in [-0.15, -0.1) is 0 Å². The molecule has 0 atom stereocenters. The number of rotatable bonds is 7. The normalized spacial score (nSPS) is 27.2. The first-order valence-corrected chi connectivity index (χ1v) is 8.21. The second-order valence-corrected chi connectivity index (χ2v) is 6.87. The Morgan fingerprint density at radius 2 is 2.00 bits per heavy atom. The third-order valence-electron chi connectivity index (χ3n) is 5.35. The molecule has 0 radical (unpaired) electrons. The molecular formula is C16H30N2O3. The number of amides is 2. The summed E-state index contributed by atoms with van der Waals surface area (Å²) in [5.41, 5.74) is 0.293. The van der Waals surface area contributed by atoms with Crippen molar-refractivity contribution in [2.24, 2.45) is 11.3 Å². The molecule has 5 heteroatoms. The number of nitrogens with zero attached hydrogens (tertiary/aromatic N) is 1. The molecule has 2 N–H and O–H groups in total. The minimum atomic E-state index is 0.0474. The third-order valence-corrected chi connectivity index (χ3v) is 5.35. The van der Waals surface area contributed by atoms with Gasteiger partial charge in [0.25, 0.3) is 0 Å². The summed E-state index contributed by atoms with van der Waals surface area (Å²) in [6, 6.07) is 0.369. The number of carbonyl (C=O) groups is 1. The summed E-state index contributed by atoms with van der Waals surface area (Å²) in [7, 11) is 3.62. The molecule has 21 heavy (non-hydrogen) atoms. The summed E-state index contributed by atoms with van der Waals surface area (Å²) in [5.74, 6) is 0.432. The Bertz CT molecular complexity index is 336. The van der Waals surface area contributed by atoms with Gasteiger partial charge in [0.2, 0.25) is 0 Å². The quantitative estimate of drug-likeness (QED) is 0.755. The summed E-state index contributed by atoms with van der Waals surface area (Å²) < 4.78 is 5.14. The predicted molar refractivity (Wildman–Crippen MR) is 82.2 cm³/mol. The molecule has 0 heterocycles. The molecular weight excluding hydrogens is 268 g/mol. The van der Waals surface area contributed by atoms with E-state index in [-0.39, 0.29) is 12.6 Å². The smallest absolute Gasteiger partial charge is 0.317 e. The minimum Gasteiger partial charge on any atom is -0.396 e. The van der Waals surface area contributed by atoms with Crippen LogP contribution in [0.3, 0.4) is 0 Å². The average molecular weight is 298 g/mol. The molecule has 122 valence electrons. The van der Waals surface area contributed by atoms with E-state index in [0.717, 1.165) is 45.3 Å². The van der Waals surface area contributed by atoms with Crippen molar-refractivity contribution in [2.75, 3.05) is 33.9 Å². The maximum Gasteiger partial charge on any atom is 0.317 e. The van der Waals surface area contributed by atoms with E-state index in [1.165, 1.54) is 12.8 Å². The van der Waals surface area contributed by atoms with Crippen molar-refractivity contribution in [1.82, 2.24) is 10.2 Å². The van der Waals surface area contributed by atoms with Gasteiger partial charge in [0, 0.05) is 40.0 Å². The molecule has 0 aromatic rings. The highest BCUT2D eigenvalue weighted by Crippen LogP contribution is 2.48. The lowest BCUT2D eigenvalue weighted by Gasteiger charge is -2.34. The fraction of sp³-hybridized carbons (Fsp3) is 0.938. The topological polar surface area (TPSA) is 61.8 Å². The Morgan fingerprint density at radius 3 is 2.52 bits per heavy atom. The second-order valence-electron chi connectivity index (χ2n) is 6.87. The van der Waals surface area contributed by atoms with Gasteiger partial charge < -0.3 is 20.1 Å². The molecule has 0 bridgehead atoms. The van der Waals surface area contributed by atoms with Crippen LogP contribution in [0.25, 0.3) is 0 Å². The molecule has 2 amide bonds. The maximum atomic E-state index is 12.3. The molecule has 2 aliphatic carbocycles. The Hall–Kier alpha value is -0.810. The molecule has 0 aromatic carbocycles. The zero-order chi connectivity index (χ0) is 15.3. The molecule has 0 aliphatic heterocycles. The molecule has 2 rings (SSSR count). The summed E-state index contributed by atoms with van der Waals surface area (Å²) in [5, 5.41) is 12.3. The SMILES string of the molecule is COCCC1(CNC(=O)N(C)C2CCC(CO)CC2)CC1. The summed E-state index contributed by atoms with van der Waals surface area (Å²) in [6.45, 7) is 1.83. The molecule has 2 aliphatic rings. The molecule has 0 unspecified atom stereocenters. The van der Waals surface area contributed by atoms with Gasteiger partial charge in [-0.2, -0.15) is 0 Å². The highest BCUT2D eigenvalue weighted by atomic mass is 16.5. The van der Waals surface area contributed by atoms with E-state index in [1.807, 2.05) is 11.9 Å². The fourth-order valence-electron chi connectivity index (χ4n) is 3.28. The molecule has 5 nitrogen and oxygen atoms in total. The lowest BCUT2D eigenvalue weighted by atomic mass is 9.86. The van der Waals surface area contributed by atoms with Crippen LogP contribution in [0, 0.1) is 11.3 Å². The van der Waals surface area contributed by atoms with Crippen LogP contribution in [-0.2, 0) is 4.74 Å². The number of aliphatic hydroxyl groups is 1. The lowest BCUT2D eigenvalue weighted by Crippen LogP contribution is -2.46. The van der Waals surface area contributed by atoms with Gasteiger partial charge in [0.15, 0.2) is 0 Å². The van der Waals surface area contributed by atoms with Crippen molar-refractivity contribution in [1.29, 1.82) is 0 Å². The van der Waals surface area contributed by atoms with Crippen LogP contribution in [0.4, 0.5) is 4.79 Å². The Balaban J connectivity index is 1.70. The molecule has 0 spiro atoms. The zero-order valence-corrected chi connectivity index (χ0v) is 13.4. The number of hydrogen-bond acceptors (Lipinski definition) is 3. The van der Waals surface area contributed by atoms with Gasteiger partial charge in [-0.3, -0.25) is 0 Å². The van der Waals surface area contributed by atoms with Gasteiger partial charge >= 0.3 is 6.03 Å². The second kappa shape index (κ2) is 7.45. The highest BCUT2D eigenvalue weighted by Gasteiger charge is 2.42. The van der Waals surface area contributed by atoms with Crippen LogP contribution in [0.15, 0.2) is 0 Å². The van der Waals surface area contributed by atoms with Gasteiger partial charge in [0.1, 0.15) is 0 Å². The van der Waals surface area contributed by atoms with Crippen molar-refractivity contribution in [2.45, 2.75) is 51.0 Å². The summed E-state index contributed by atoms with van der Waals surface area (Å²) >= 11 is 0. The van der Waals surface area contributed by atoms with E-state index < -0.39 is 0 Å². The fourth-order valence-corrected chi connectivity index (χ4v) is 3.28. The standard InChI is InChI=1S/C16H30N2O3/c1-18(14-5-3-13(11-19)4-6-14)15(20)17-12-16(7-8-16)9-10-21-2/h13-14,19H,3-12H2,1-2H3,(H,17,20). The van der Waals surface area contributed by atoms with Crippen molar-refractivity contribution < 1.29 is 14.6 Å². The van der Waals surface area contributed by atoms with Crippen molar-refractivity contribution in [3.8, 4) is 0 Å². The lowest BCUT2D eigenvalue weighted by molar-refractivity contribution is 0.132. The van der Waals surface area contributed by atoms with Crippen LogP contribution in [0.2, 0.25) is 0 Å². The van der Waals surface area contributed by atoms with Crippen molar-refractivity contribution in [3.63, 3.8) is 0 Å². The highest BCUT2D eigenvalue weighted by molar-refractivity contribution is 5.74. The first kappa shape index (κ1) is 16.6. The zero-order valence-electron chi connectivity index (χ0n) is 13.4. The molecule has 2 saturated carbocycles. The largest absolute Gasteiger partial charge is 0.396 e. The van der Waals surface area contributed by atoms with Crippen LogP contribution >= 0.6 is 0 Å². The van der Waals surface area contributed by atoms with Gasteiger partial charge in [0.05, 0.1) is 0 Å². The minimum absolute atomic E-state index is 0.0474. The number of urea groups is 1. The first-order chi connectivity index (χ1) is 10.1. The van der Waals surface area contributed by atoms with Gasteiger partial charge in [-0.1, -0.05) is 0 Å². The van der Waals surface area contributed by atoms with E-state index in [2.05, 4.69) is 5.32 Å². The van der Waals surface area contributed by atoms with Crippen LogP contribution in [0.1, 0.15) is 44.9 Å². The molecule has 0 saturated heterocycles. The van der Waals surface area contributed by atoms with Crippen LogP contribution in [-0.4, -0.2) is 56.0 Å². The van der Waals surface area contributed by atoms with E-state index in [0.29, 0.717) is 17.4 Å². The number of ether oxygens (including phenoxy) is 1. The van der Waals surface area contributed by atoms with Gasteiger partial charge in [-0.25, -0.2) is 4.79 Å². The number of nitrogens with one attached hydrogen (secondary N) is 1. The Kier molecular flexibility index (Phi) is 5.88. The molecule has 0 aromatic heterocycles. The maximum absolute atomic E-state index is 12.3. The van der Waals surface area contributed by atoms with Crippen LogP contribution < -0.4 is 5.32 Å². The predicted octanol–water partition coefficient (Wildman–Crippen LogP) is 2.00. The summed E-state index contributed by atoms with van der Waals surface area (Å²) in [6.07, 6.45) is 7.49. The number of methoxy groups -OCH3 is 1. The van der Waals surface area contributed by atoms with Crippen molar-refractivity contribution in [3.05, 3.63) is 0 Å². The monoisotopic (exact) mass is 298 g/mol.